The average Bonchev–Trinajstić information content (AvgIpc) is 3.06. The maximum Gasteiger partial charge on any atom is 0.364 e. The van der Waals surface area contributed by atoms with Gasteiger partial charge in [-0.25, -0.2) is 4.79 Å². The Balaban J connectivity index is 1.64. The Morgan fingerprint density at radius 1 is 1.00 bits per heavy atom. The van der Waals surface area contributed by atoms with Crippen LogP contribution in [0.1, 0.15) is 18.4 Å². The molecule has 15 heteroatoms. The van der Waals surface area contributed by atoms with Crippen molar-refractivity contribution < 1.29 is 58.9 Å². The van der Waals surface area contributed by atoms with Gasteiger partial charge in [-0.05, 0) is 28.8 Å². The highest BCUT2D eigenvalue weighted by atomic mass is 16.7. The maximum absolute atomic E-state index is 12.7. The lowest BCUT2D eigenvalue weighted by atomic mass is 9.88. The number of carbonyl (C=O) groups excluding carboxylic acids is 2. The molecular formula is C33H39N3O12. The van der Waals surface area contributed by atoms with Crippen LogP contribution in [0.5, 0.6) is 5.75 Å². The van der Waals surface area contributed by atoms with E-state index in [0.29, 0.717) is 5.56 Å². The Hall–Kier alpha value is -4.58. The van der Waals surface area contributed by atoms with Crippen LogP contribution in [-0.2, 0) is 39.8 Å². The number of aliphatic carboxylic acids is 1. The summed E-state index contributed by atoms with van der Waals surface area (Å²) in [5.41, 5.74) is 2.38. The van der Waals surface area contributed by atoms with Gasteiger partial charge in [0.2, 0.25) is 11.8 Å². The van der Waals surface area contributed by atoms with Crippen molar-refractivity contribution in [1.29, 1.82) is 5.26 Å². The molecule has 0 spiro atoms. The smallest absolute Gasteiger partial charge is 0.364 e. The fourth-order valence-electron chi connectivity index (χ4n) is 4.92. The van der Waals surface area contributed by atoms with Crippen molar-refractivity contribution in [3.63, 3.8) is 0 Å². The lowest BCUT2D eigenvalue weighted by molar-refractivity contribution is -0.312. The summed E-state index contributed by atoms with van der Waals surface area (Å²) in [7, 11) is 0. The molecule has 0 aliphatic carbocycles. The second kappa shape index (κ2) is 18.7. The molecular weight excluding hydrogens is 630 g/mol. The van der Waals surface area contributed by atoms with E-state index in [4.69, 9.17) is 30.6 Å². The Morgan fingerprint density at radius 2 is 1.62 bits per heavy atom. The fourth-order valence-corrected chi connectivity index (χ4v) is 4.92. The SMILES string of the molecule is C#CCOCCOCCO[C@]1(C(=O)O)C[C@H](O)[C@@H](NC(=O)CC#N)[C@H]([C@H](O)[C@H](O)CNC(=O)Cc2ccc(-c3ccc(O)cc3)cc2)O1. The van der Waals surface area contributed by atoms with Gasteiger partial charge in [0, 0.05) is 13.0 Å². The average molecular weight is 670 g/mol. The predicted octanol–water partition coefficient (Wildman–Crippen LogP) is -0.548. The van der Waals surface area contributed by atoms with Gasteiger partial charge < -0.3 is 55.1 Å². The number of terminal acetylenes is 1. The van der Waals surface area contributed by atoms with Crippen molar-refractivity contribution in [2.45, 2.75) is 55.5 Å². The van der Waals surface area contributed by atoms with E-state index < -0.39 is 73.4 Å². The standard InChI is InChI=1S/C33H39N3O12/c1-2-13-45-14-15-46-16-17-47-33(32(43)44)19-25(38)29(36-27(40)11-12-34)31(48-33)30(42)26(39)20-35-28(41)18-21-3-5-22(6-4-21)23-7-9-24(37)10-8-23/h1,3-10,25-26,29-31,37-39,42H,11,13-20H2,(H,35,41)(H,36,40)(H,43,44)/t25-,26+,29+,30+,31+,33+/m0/s1. The minimum Gasteiger partial charge on any atom is -0.508 e. The summed E-state index contributed by atoms with van der Waals surface area (Å²) in [6.45, 7) is -0.517. The second-order valence-electron chi connectivity index (χ2n) is 10.8. The molecule has 2 amide bonds. The molecule has 0 radical (unpaired) electrons. The van der Waals surface area contributed by atoms with Crippen molar-refractivity contribution in [2.24, 2.45) is 0 Å². The first kappa shape index (κ1) is 37.9. The number of phenols is 1. The van der Waals surface area contributed by atoms with Crippen molar-refractivity contribution in [3.8, 4) is 35.3 Å². The number of carboxylic acids is 1. The summed E-state index contributed by atoms with van der Waals surface area (Å²) in [6.07, 6.45) is -3.41. The summed E-state index contributed by atoms with van der Waals surface area (Å²) < 4.78 is 21.5. The van der Waals surface area contributed by atoms with Crippen LogP contribution in [-0.4, -0.2) is 119 Å². The van der Waals surface area contributed by atoms with Gasteiger partial charge in [-0.3, -0.25) is 9.59 Å². The maximum atomic E-state index is 12.7. The molecule has 1 aliphatic heterocycles. The fraction of sp³-hybridized carbons (Fsp3) is 0.455. The lowest BCUT2D eigenvalue weighted by Gasteiger charge is -2.46. The number of phenolic OH excluding ortho intramolecular Hbond substituents is 1. The monoisotopic (exact) mass is 669 g/mol. The highest BCUT2D eigenvalue weighted by Crippen LogP contribution is 2.33. The summed E-state index contributed by atoms with van der Waals surface area (Å²) in [4.78, 5) is 37.2. The van der Waals surface area contributed by atoms with Gasteiger partial charge >= 0.3 is 5.97 Å². The molecule has 15 nitrogen and oxygen atoms in total. The number of nitriles is 1. The number of carboxylic acid groups (broad SMARTS) is 1. The van der Waals surface area contributed by atoms with E-state index in [1.54, 1.807) is 54.6 Å². The van der Waals surface area contributed by atoms with Crippen molar-refractivity contribution in [2.75, 3.05) is 39.6 Å². The molecule has 3 rings (SSSR count). The highest BCUT2D eigenvalue weighted by Gasteiger charge is 2.55. The van der Waals surface area contributed by atoms with Gasteiger partial charge in [-0.15, -0.1) is 6.42 Å². The zero-order valence-electron chi connectivity index (χ0n) is 26.0. The molecule has 2 aromatic carbocycles. The van der Waals surface area contributed by atoms with E-state index in [-0.39, 0.29) is 45.2 Å². The van der Waals surface area contributed by atoms with Gasteiger partial charge in [0.05, 0.1) is 57.2 Å². The number of aliphatic hydroxyl groups is 3. The van der Waals surface area contributed by atoms with E-state index in [9.17, 15) is 39.9 Å². The first-order valence-electron chi connectivity index (χ1n) is 15.0. The normalized spacial score (nSPS) is 21.6. The Morgan fingerprint density at radius 3 is 2.25 bits per heavy atom. The Kier molecular flexibility index (Phi) is 14.7. The summed E-state index contributed by atoms with van der Waals surface area (Å²) in [5, 5.41) is 66.0. The number of ether oxygens (including phenoxy) is 4. The molecule has 7 N–H and O–H groups in total. The Bertz CT molecular complexity index is 1440. The van der Waals surface area contributed by atoms with Gasteiger partial charge in [-0.1, -0.05) is 42.3 Å². The first-order chi connectivity index (χ1) is 23.0. The van der Waals surface area contributed by atoms with Crippen LogP contribution in [0.4, 0.5) is 0 Å². The summed E-state index contributed by atoms with van der Waals surface area (Å²) in [6, 6.07) is 13.9. The molecule has 0 bridgehead atoms. The number of carbonyl (C=O) groups is 3. The largest absolute Gasteiger partial charge is 0.508 e. The third kappa shape index (κ3) is 11.0. The van der Waals surface area contributed by atoms with Crippen LogP contribution in [0.2, 0.25) is 0 Å². The van der Waals surface area contributed by atoms with Crippen LogP contribution in [0.15, 0.2) is 48.5 Å². The third-order valence-corrected chi connectivity index (χ3v) is 7.34. The van der Waals surface area contributed by atoms with E-state index in [2.05, 4.69) is 16.6 Å². The van der Waals surface area contributed by atoms with E-state index in [1.165, 1.54) is 0 Å². The van der Waals surface area contributed by atoms with Gasteiger partial charge in [-0.2, -0.15) is 5.26 Å². The number of aromatic hydroxyl groups is 1. The van der Waals surface area contributed by atoms with Crippen LogP contribution >= 0.6 is 0 Å². The van der Waals surface area contributed by atoms with Gasteiger partial charge in [0.25, 0.3) is 5.79 Å². The third-order valence-electron chi connectivity index (χ3n) is 7.34. The number of nitrogens with zero attached hydrogens (tertiary/aromatic N) is 1. The molecule has 1 aliphatic rings. The molecule has 258 valence electrons. The van der Waals surface area contributed by atoms with Crippen LogP contribution in [0, 0.1) is 23.7 Å². The molecule has 48 heavy (non-hydrogen) atoms. The zero-order chi connectivity index (χ0) is 35.1. The number of hydrogen-bond acceptors (Lipinski definition) is 12. The zero-order valence-corrected chi connectivity index (χ0v) is 26.0. The van der Waals surface area contributed by atoms with E-state index >= 15 is 0 Å². The topological polar surface area (TPSA) is 237 Å². The summed E-state index contributed by atoms with van der Waals surface area (Å²) >= 11 is 0. The number of benzene rings is 2. The number of nitrogens with one attached hydrogen (secondary N) is 2. The summed E-state index contributed by atoms with van der Waals surface area (Å²) in [5.74, 6) is -3.08. The molecule has 1 saturated heterocycles. The number of hydrogen-bond donors (Lipinski definition) is 7. The number of amides is 2. The molecule has 0 saturated carbocycles. The number of aliphatic hydroxyl groups excluding tert-OH is 3. The van der Waals surface area contributed by atoms with Crippen LogP contribution in [0.3, 0.4) is 0 Å². The lowest BCUT2D eigenvalue weighted by Crippen LogP contribution is -2.68. The quantitative estimate of drug-likeness (QED) is 0.0780. The predicted molar refractivity (Wildman–Crippen MR) is 167 cm³/mol. The number of rotatable bonds is 18. The van der Waals surface area contributed by atoms with Crippen LogP contribution in [0.25, 0.3) is 11.1 Å². The molecule has 0 unspecified atom stereocenters. The molecule has 1 fully saturated rings. The first-order valence-corrected chi connectivity index (χ1v) is 15.0. The van der Waals surface area contributed by atoms with Gasteiger partial charge in [0.15, 0.2) is 0 Å². The molecule has 1 heterocycles. The Labute approximate surface area is 277 Å². The van der Waals surface area contributed by atoms with Crippen molar-refractivity contribution >= 4 is 17.8 Å². The molecule has 2 aromatic rings. The minimum absolute atomic E-state index is 0.0712. The van der Waals surface area contributed by atoms with E-state index in [0.717, 1.165) is 11.1 Å². The molecule has 0 aromatic heterocycles. The second-order valence-corrected chi connectivity index (χ2v) is 10.8. The van der Waals surface area contributed by atoms with Crippen LogP contribution < -0.4 is 10.6 Å². The van der Waals surface area contributed by atoms with Gasteiger partial charge in [0.1, 0.15) is 31.0 Å². The minimum atomic E-state index is -2.51. The molecule has 6 atom stereocenters. The van der Waals surface area contributed by atoms with Crippen molar-refractivity contribution in [3.05, 3.63) is 54.1 Å². The van der Waals surface area contributed by atoms with Crippen molar-refractivity contribution in [1.82, 2.24) is 10.6 Å². The highest BCUT2D eigenvalue weighted by molar-refractivity contribution is 5.79. The van der Waals surface area contributed by atoms with E-state index in [1.807, 2.05) is 0 Å².